The maximum atomic E-state index is 12.5. The van der Waals surface area contributed by atoms with Crippen LogP contribution in [0.4, 0.5) is 10.5 Å². The minimum absolute atomic E-state index is 0.0305. The first-order chi connectivity index (χ1) is 11.5. The van der Waals surface area contributed by atoms with Crippen molar-refractivity contribution in [3.05, 3.63) is 29.3 Å². The van der Waals surface area contributed by atoms with E-state index in [-0.39, 0.29) is 18.0 Å². The number of nitrogens with zero attached hydrogens (tertiary/aromatic N) is 2. The van der Waals surface area contributed by atoms with Gasteiger partial charge < -0.3 is 15.1 Å². The summed E-state index contributed by atoms with van der Waals surface area (Å²) in [7, 11) is 1.86. The van der Waals surface area contributed by atoms with Gasteiger partial charge in [-0.3, -0.25) is 4.79 Å². The molecule has 1 saturated heterocycles. The van der Waals surface area contributed by atoms with Gasteiger partial charge in [-0.25, -0.2) is 4.79 Å². The van der Waals surface area contributed by atoms with Gasteiger partial charge in [-0.1, -0.05) is 30.9 Å². The van der Waals surface area contributed by atoms with Crippen molar-refractivity contribution < 1.29 is 9.59 Å². The van der Waals surface area contributed by atoms with Gasteiger partial charge in [-0.05, 0) is 37.1 Å². The molecule has 1 N–H and O–H groups in total. The summed E-state index contributed by atoms with van der Waals surface area (Å²) in [6, 6.07) is 7.31. The molecule has 1 aliphatic carbocycles. The zero-order valence-electron chi connectivity index (χ0n) is 14.0. The van der Waals surface area contributed by atoms with Crippen molar-refractivity contribution in [3.8, 4) is 0 Å². The summed E-state index contributed by atoms with van der Waals surface area (Å²) in [5, 5.41) is 3.66. The fourth-order valence-corrected chi connectivity index (χ4v) is 3.71. The molecule has 3 amide bonds. The predicted molar refractivity (Wildman–Crippen MR) is 95.4 cm³/mol. The fraction of sp³-hybridized carbons (Fsp3) is 0.556. The van der Waals surface area contributed by atoms with Crippen LogP contribution in [-0.4, -0.2) is 42.5 Å². The molecule has 0 bridgehead atoms. The van der Waals surface area contributed by atoms with Crippen molar-refractivity contribution in [3.63, 3.8) is 0 Å². The normalized spacial score (nSPS) is 21.8. The second kappa shape index (κ2) is 7.43. The van der Waals surface area contributed by atoms with Gasteiger partial charge in [0.2, 0.25) is 5.91 Å². The third-order valence-electron chi connectivity index (χ3n) is 5.03. The van der Waals surface area contributed by atoms with E-state index < -0.39 is 0 Å². The highest BCUT2D eigenvalue weighted by atomic mass is 35.5. The van der Waals surface area contributed by atoms with Crippen LogP contribution in [0.2, 0.25) is 5.02 Å². The highest BCUT2D eigenvalue weighted by molar-refractivity contribution is 6.30. The lowest BCUT2D eigenvalue weighted by molar-refractivity contribution is -0.117. The molecule has 3 rings (SSSR count). The van der Waals surface area contributed by atoms with Crippen molar-refractivity contribution in [2.75, 3.05) is 18.5 Å². The van der Waals surface area contributed by atoms with Crippen LogP contribution in [-0.2, 0) is 4.79 Å². The lowest BCUT2D eigenvalue weighted by atomic mass is 9.95. The van der Waals surface area contributed by atoms with Gasteiger partial charge in [0.15, 0.2) is 0 Å². The maximum Gasteiger partial charge on any atom is 0.317 e. The Morgan fingerprint density at radius 1 is 1.21 bits per heavy atom. The van der Waals surface area contributed by atoms with E-state index in [9.17, 15) is 9.59 Å². The summed E-state index contributed by atoms with van der Waals surface area (Å²) in [5.41, 5.74) is 0.821. The molecule has 1 heterocycles. The lowest BCUT2D eigenvalue weighted by Gasteiger charge is -2.32. The molecule has 0 spiro atoms. The molecule has 130 valence electrons. The van der Waals surface area contributed by atoms with Crippen LogP contribution in [0, 0.1) is 0 Å². The average Bonchev–Trinajstić information content (AvgIpc) is 2.96. The molecule has 5 nitrogen and oxygen atoms in total. The van der Waals surface area contributed by atoms with Gasteiger partial charge >= 0.3 is 6.03 Å². The Morgan fingerprint density at radius 3 is 2.54 bits per heavy atom. The number of carbonyl (C=O) groups excluding carboxylic acids is 2. The van der Waals surface area contributed by atoms with E-state index in [4.69, 9.17) is 11.6 Å². The minimum atomic E-state index is -0.147. The Balaban J connectivity index is 1.57. The van der Waals surface area contributed by atoms with Crippen molar-refractivity contribution >= 4 is 29.2 Å². The van der Waals surface area contributed by atoms with Gasteiger partial charge in [0.1, 0.15) is 0 Å². The monoisotopic (exact) mass is 349 g/mol. The van der Waals surface area contributed by atoms with Crippen LogP contribution in [0.1, 0.15) is 38.5 Å². The molecule has 0 aromatic heterocycles. The Bertz CT molecular complexity index is 599. The van der Waals surface area contributed by atoms with Crippen molar-refractivity contribution in [1.29, 1.82) is 0 Å². The first-order valence-electron chi connectivity index (χ1n) is 8.64. The fourth-order valence-electron chi connectivity index (χ4n) is 3.59. The van der Waals surface area contributed by atoms with E-state index in [1.807, 2.05) is 24.1 Å². The lowest BCUT2D eigenvalue weighted by Crippen LogP contribution is -2.48. The highest BCUT2D eigenvalue weighted by Gasteiger charge is 2.33. The predicted octanol–water partition coefficient (Wildman–Crippen LogP) is 3.42. The molecular weight excluding hydrogens is 326 g/mol. The van der Waals surface area contributed by atoms with Gasteiger partial charge in [-0.2, -0.15) is 0 Å². The summed E-state index contributed by atoms with van der Waals surface area (Å²) in [6.07, 6.45) is 6.13. The van der Waals surface area contributed by atoms with Crippen molar-refractivity contribution in [2.24, 2.45) is 0 Å². The molecule has 24 heavy (non-hydrogen) atoms. The van der Waals surface area contributed by atoms with Crippen LogP contribution >= 0.6 is 11.6 Å². The van der Waals surface area contributed by atoms with E-state index in [1.54, 1.807) is 17.0 Å². The number of benzene rings is 1. The zero-order valence-corrected chi connectivity index (χ0v) is 14.8. The molecular formula is C18H24ClN3O2. The van der Waals surface area contributed by atoms with E-state index in [0.717, 1.165) is 18.5 Å². The number of amides is 3. The molecule has 2 fully saturated rings. The number of nitrogens with one attached hydrogen (secondary N) is 1. The average molecular weight is 350 g/mol. The number of halogens is 1. The molecule has 1 aromatic rings. The Morgan fingerprint density at radius 2 is 1.88 bits per heavy atom. The number of anilines is 1. The number of carbonyl (C=O) groups is 2. The Kier molecular flexibility index (Phi) is 5.29. The molecule has 6 heteroatoms. The standard InChI is InChI=1S/C18H24ClN3O2/c1-21(15-5-3-2-4-6-15)18(24)20-14-11-17(23)22(12-14)16-9-7-13(19)8-10-16/h7-10,14-15H,2-6,11-12H2,1H3,(H,20,24). The van der Waals surface area contributed by atoms with E-state index >= 15 is 0 Å². The second-order valence-electron chi connectivity index (χ2n) is 6.73. The number of hydrogen-bond acceptors (Lipinski definition) is 2. The molecule has 0 radical (unpaired) electrons. The summed E-state index contributed by atoms with van der Waals surface area (Å²) in [5.74, 6) is 0.0305. The SMILES string of the molecule is CN(C(=O)NC1CC(=O)N(c2ccc(Cl)cc2)C1)C1CCCCC1. The molecule has 1 saturated carbocycles. The quantitative estimate of drug-likeness (QED) is 0.909. The van der Waals surface area contributed by atoms with Gasteiger partial charge in [0, 0.05) is 36.8 Å². The van der Waals surface area contributed by atoms with Crippen molar-refractivity contribution in [1.82, 2.24) is 10.2 Å². The van der Waals surface area contributed by atoms with Gasteiger partial charge in [0.05, 0.1) is 6.04 Å². The van der Waals surface area contributed by atoms with E-state index in [2.05, 4.69) is 5.32 Å². The minimum Gasteiger partial charge on any atom is -0.333 e. The van der Waals surface area contributed by atoms with Crippen LogP contribution in [0.5, 0.6) is 0 Å². The van der Waals surface area contributed by atoms with Crippen LogP contribution < -0.4 is 10.2 Å². The van der Waals surface area contributed by atoms with Gasteiger partial charge in [0.25, 0.3) is 0 Å². The summed E-state index contributed by atoms with van der Waals surface area (Å²) >= 11 is 5.89. The van der Waals surface area contributed by atoms with Crippen molar-refractivity contribution in [2.45, 2.75) is 50.6 Å². The van der Waals surface area contributed by atoms with E-state index in [0.29, 0.717) is 24.0 Å². The summed E-state index contributed by atoms with van der Waals surface area (Å²) in [6.45, 7) is 0.505. The maximum absolute atomic E-state index is 12.5. The molecule has 1 aromatic carbocycles. The third-order valence-corrected chi connectivity index (χ3v) is 5.29. The molecule has 2 aliphatic rings. The zero-order chi connectivity index (χ0) is 17.1. The summed E-state index contributed by atoms with van der Waals surface area (Å²) in [4.78, 5) is 28.2. The third kappa shape index (κ3) is 3.83. The summed E-state index contributed by atoms with van der Waals surface area (Å²) < 4.78 is 0. The molecule has 1 atom stereocenters. The number of hydrogen-bond donors (Lipinski definition) is 1. The smallest absolute Gasteiger partial charge is 0.317 e. The van der Waals surface area contributed by atoms with Crippen LogP contribution in [0.3, 0.4) is 0 Å². The highest BCUT2D eigenvalue weighted by Crippen LogP contribution is 2.24. The molecule has 1 aliphatic heterocycles. The van der Waals surface area contributed by atoms with Crippen LogP contribution in [0.15, 0.2) is 24.3 Å². The second-order valence-corrected chi connectivity index (χ2v) is 7.17. The largest absolute Gasteiger partial charge is 0.333 e. The Hall–Kier alpha value is -1.75. The first kappa shape index (κ1) is 17.1. The number of rotatable bonds is 3. The van der Waals surface area contributed by atoms with E-state index in [1.165, 1.54) is 19.3 Å². The topological polar surface area (TPSA) is 52.7 Å². The molecule has 1 unspecified atom stereocenters. The first-order valence-corrected chi connectivity index (χ1v) is 9.01. The number of urea groups is 1. The van der Waals surface area contributed by atoms with Gasteiger partial charge in [-0.15, -0.1) is 0 Å². The van der Waals surface area contributed by atoms with Crippen LogP contribution in [0.25, 0.3) is 0 Å². The Labute approximate surface area is 147 Å².